The highest BCUT2D eigenvalue weighted by Gasteiger charge is 2.28. The van der Waals surface area contributed by atoms with Crippen molar-refractivity contribution in [3.05, 3.63) is 48.2 Å². The molecule has 1 aromatic carbocycles. The summed E-state index contributed by atoms with van der Waals surface area (Å²) < 4.78 is 10.7. The molecule has 2 amide bonds. The van der Waals surface area contributed by atoms with Crippen LogP contribution in [-0.2, 0) is 9.59 Å². The first-order chi connectivity index (χ1) is 12.6. The molecule has 2 heterocycles. The first-order valence-electron chi connectivity index (χ1n) is 8.35. The van der Waals surface area contributed by atoms with E-state index in [1.165, 1.54) is 12.0 Å². The Morgan fingerprint density at radius 1 is 1.23 bits per heavy atom. The van der Waals surface area contributed by atoms with E-state index in [0.29, 0.717) is 30.4 Å². The SMILES string of the molecule is COc1cc(N2CCN(C(=O)COc3ccccc3C)CC2=O)ccn1. The molecule has 0 saturated carbocycles. The number of rotatable bonds is 5. The number of aromatic nitrogens is 1. The van der Waals surface area contributed by atoms with Gasteiger partial charge >= 0.3 is 0 Å². The minimum atomic E-state index is -0.200. The largest absolute Gasteiger partial charge is 0.484 e. The Bertz CT molecular complexity index is 809. The van der Waals surface area contributed by atoms with E-state index in [1.54, 1.807) is 23.2 Å². The third-order valence-corrected chi connectivity index (χ3v) is 4.26. The van der Waals surface area contributed by atoms with Gasteiger partial charge in [-0.3, -0.25) is 9.59 Å². The molecular weight excluding hydrogens is 334 g/mol. The van der Waals surface area contributed by atoms with Crippen LogP contribution in [0.15, 0.2) is 42.6 Å². The number of benzene rings is 1. The zero-order valence-electron chi connectivity index (χ0n) is 14.8. The van der Waals surface area contributed by atoms with E-state index in [-0.39, 0.29) is 25.0 Å². The van der Waals surface area contributed by atoms with E-state index in [4.69, 9.17) is 9.47 Å². The molecule has 1 saturated heterocycles. The first kappa shape index (κ1) is 17.7. The van der Waals surface area contributed by atoms with Gasteiger partial charge in [-0.2, -0.15) is 0 Å². The second-order valence-electron chi connectivity index (χ2n) is 5.97. The number of carbonyl (C=O) groups excluding carboxylic acids is 2. The number of aryl methyl sites for hydroxylation is 1. The second-order valence-corrected chi connectivity index (χ2v) is 5.97. The summed E-state index contributed by atoms with van der Waals surface area (Å²) in [6, 6.07) is 11.0. The average molecular weight is 355 g/mol. The van der Waals surface area contributed by atoms with Gasteiger partial charge < -0.3 is 19.3 Å². The molecule has 0 radical (unpaired) electrons. The Kier molecular flexibility index (Phi) is 5.36. The molecule has 1 aliphatic heterocycles. The minimum Gasteiger partial charge on any atom is -0.484 e. The van der Waals surface area contributed by atoms with E-state index in [0.717, 1.165) is 5.56 Å². The number of nitrogens with zero attached hydrogens (tertiary/aromatic N) is 3. The Labute approximate surface area is 152 Å². The molecule has 136 valence electrons. The predicted molar refractivity (Wildman–Crippen MR) is 96.4 cm³/mol. The summed E-state index contributed by atoms with van der Waals surface area (Å²) >= 11 is 0. The molecule has 3 rings (SSSR count). The summed E-state index contributed by atoms with van der Waals surface area (Å²) in [5.74, 6) is 0.775. The van der Waals surface area contributed by atoms with Crippen molar-refractivity contribution in [3.8, 4) is 11.6 Å². The van der Waals surface area contributed by atoms with Gasteiger partial charge in [0.15, 0.2) is 6.61 Å². The molecule has 0 bridgehead atoms. The molecule has 7 heteroatoms. The number of hydrogen-bond acceptors (Lipinski definition) is 5. The molecule has 1 aliphatic rings. The Morgan fingerprint density at radius 3 is 2.77 bits per heavy atom. The molecule has 0 atom stereocenters. The fraction of sp³-hybridized carbons (Fsp3) is 0.316. The van der Waals surface area contributed by atoms with Gasteiger partial charge in [-0.1, -0.05) is 18.2 Å². The third-order valence-electron chi connectivity index (χ3n) is 4.26. The number of para-hydroxylation sites is 1. The minimum absolute atomic E-state index is 0.0284. The number of piperazine rings is 1. The maximum Gasteiger partial charge on any atom is 0.261 e. The van der Waals surface area contributed by atoms with Gasteiger partial charge in [0.2, 0.25) is 11.8 Å². The van der Waals surface area contributed by atoms with Crippen molar-refractivity contribution >= 4 is 17.5 Å². The molecular formula is C19H21N3O4. The summed E-state index contributed by atoms with van der Waals surface area (Å²) in [6.07, 6.45) is 1.59. The maximum absolute atomic E-state index is 12.5. The van der Waals surface area contributed by atoms with Crippen molar-refractivity contribution in [1.29, 1.82) is 0 Å². The molecule has 0 aliphatic carbocycles. The van der Waals surface area contributed by atoms with E-state index >= 15 is 0 Å². The fourth-order valence-corrected chi connectivity index (χ4v) is 2.79. The molecule has 0 N–H and O–H groups in total. The summed E-state index contributed by atoms with van der Waals surface area (Å²) in [4.78, 5) is 32.0. The highest BCUT2D eigenvalue weighted by Crippen LogP contribution is 2.21. The maximum atomic E-state index is 12.5. The van der Waals surface area contributed by atoms with Crippen molar-refractivity contribution in [2.24, 2.45) is 0 Å². The van der Waals surface area contributed by atoms with Crippen LogP contribution in [0.3, 0.4) is 0 Å². The van der Waals surface area contributed by atoms with E-state index in [2.05, 4.69) is 4.98 Å². The predicted octanol–water partition coefficient (Wildman–Crippen LogP) is 1.65. The number of hydrogen-bond donors (Lipinski definition) is 0. The molecule has 7 nitrogen and oxygen atoms in total. The van der Waals surface area contributed by atoms with Crippen molar-refractivity contribution < 1.29 is 19.1 Å². The molecule has 1 fully saturated rings. The topological polar surface area (TPSA) is 72.0 Å². The molecule has 26 heavy (non-hydrogen) atoms. The normalized spacial score (nSPS) is 14.3. The molecule has 1 aromatic heterocycles. The van der Waals surface area contributed by atoms with Crippen LogP contribution in [0.1, 0.15) is 5.56 Å². The Morgan fingerprint density at radius 2 is 2.04 bits per heavy atom. The average Bonchev–Trinajstić information content (AvgIpc) is 2.67. The van der Waals surface area contributed by atoms with Gasteiger partial charge in [-0.15, -0.1) is 0 Å². The third kappa shape index (κ3) is 3.93. The summed E-state index contributed by atoms with van der Waals surface area (Å²) in [6.45, 7) is 2.74. The zero-order valence-corrected chi connectivity index (χ0v) is 14.8. The van der Waals surface area contributed by atoms with E-state index in [1.807, 2.05) is 31.2 Å². The van der Waals surface area contributed by atoms with Crippen molar-refractivity contribution in [2.45, 2.75) is 6.92 Å². The lowest BCUT2D eigenvalue weighted by Crippen LogP contribution is -2.53. The molecule has 2 aromatic rings. The van der Waals surface area contributed by atoms with Crippen LogP contribution in [0.2, 0.25) is 0 Å². The van der Waals surface area contributed by atoms with Gasteiger partial charge in [-0.05, 0) is 24.6 Å². The van der Waals surface area contributed by atoms with Gasteiger partial charge in [0, 0.05) is 25.4 Å². The highest BCUT2D eigenvalue weighted by atomic mass is 16.5. The second kappa shape index (κ2) is 7.86. The lowest BCUT2D eigenvalue weighted by atomic mass is 10.2. The van der Waals surface area contributed by atoms with Gasteiger partial charge in [0.05, 0.1) is 12.8 Å². The van der Waals surface area contributed by atoms with Crippen molar-refractivity contribution in [1.82, 2.24) is 9.88 Å². The monoisotopic (exact) mass is 355 g/mol. The van der Waals surface area contributed by atoms with Crippen molar-refractivity contribution in [2.75, 3.05) is 38.3 Å². The quantitative estimate of drug-likeness (QED) is 0.816. The summed E-state index contributed by atoms with van der Waals surface area (Å²) in [7, 11) is 1.53. The lowest BCUT2D eigenvalue weighted by Gasteiger charge is -2.34. The van der Waals surface area contributed by atoms with Crippen LogP contribution in [-0.4, -0.2) is 55.0 Å². The number of methoxy groups -OCH3 is 1. The highest BCUT2D eigenvalue weighted by molar-refractivity contribution is 5.98. The summed E-state index contributed by atoms with van der Waals surface area (Å²) in [5, 5.41) is 0. The summed E-state index contributed by atoms with van der Waals surface area (Å²) in [5.41, 5.74) is 1.68. The van der Waals surface area contributed by atoms with Crippen molar-refractivity contribution in [3.63, 3.8) is 0 Å². The van der Waals surface area contributed by atoms with Crippen LogP contribution in [0.4, 0.5) is 5.69 Å². The molecule has 0 spiro atoms. The van der Waals surface area contributed by atoms with Gasteiger partial charge in [0.1, 0.15) is 12.3 Å². The van der Waals surface area contributed by atoms with Crippen LogP contribution in [0, 0.1) is 6.92 Å². The Balaban J connectivity index is 1.58. The first-order valence-corrected chi connectivity index (χ1v) is 8.35. The standard InChI is InChI=1S/C19H21N3O4/c1-14-5-3-4-6-16(14)26-13-19(24)21-9-10-22(18(23)12-21)15-7-8-20-17(11-15)25-2/h3-8,11H,9-10,12-13H2,1-2H3. The smallest absolute Gasteiger partial charge is 0.261 e. The van der Waals surface area contributed by atoms with Crippen LogP contribution in [0.25, 0.3) is 0 Å². The van der Waals surface area contributed by atoms with Gasteiger partial charge in [-0.25, -0.2) is 4.98 Å². The van der Waals surface area contributed by atoms with Crippen LogP contribution < -0.4 is 14.4 Å². The number of anilines is 1. The number of amides is 2. The number of pyridine rings is 1. The van der Waals surface area contributed by atoms with E-state index < -0.39 is 0 Å². The number of carbonyl (C=O) groups is 2. The Hall–Kier alpha value is -3.09. The van der Waals surface area contributed by atoms with Crippen LogP contribution in [0.5, 0.6) is 11.6 Å². The van der Waals surface area contributed by atoms with Gasteiger partial charge in [0.25, 0.3) is 5.91 Å². The molecule has 0 unspecified atom stereocenters. The zero-order chi connectivity index (χ0) is 18.5. The fourth-order valence-electron chi connectivity index (χ4n) is 2.79. The lowest BCUT2D eigenvalue weighted by molar-refractivity contribution is -0.138. The van der Waals surface area contributed by atoms with Crippen LogP contribution >= 0.6 is 0 Å². The van der Waals surface area contributed by atoms with E-state index in [9.17, 15) is 9.59 Å². The number of ether oxygens (including phenoxy) is 2.